The number of nitrogens with one attached hydrogen (secondary N) is 1. The van der Waals surface area contributed by atoms with Gasteiger partial charge in [0.25, 0.3) is 0 Å². The van der Waals surface area contributed by atoms with E-state index in [1.54, 1.807) is 0 Å². The molecule has 1 saturated heterocycles. The van der Waals surface area contributed by atoms with E-state index < -0.39 is 8.32 Å². The largest absolute Gasteiger partial charge is 0.543 e. The maximum Gasteiger partial charge on any atom is 0.242 e. The van der Waals surface area contributed by atoms with Crippen molar-refractivity contribution in [1.82, 2.24) is 10.2 Å². The van der Waals surface area contributed by atoms with Crippen LogP contribution in [0.4, 0.5) is 0 Å². The molecule has 2 aliphatic rings. The van der Waals surface area contributed by atoms with Crippen molar-refractivity contribution in [2.24, 2.45) is 0 Å². The van der Waals surface area contributed by atoms with Crippen molar-refractivity contribution < 1.29 is 4.43 Å². The van der Waals surface area contributed by atoms with Crippen LogP contribution in [0.1, 0.15) is 26.2 Å². The summed E-state index contributed by atoms with van der Waals surface area (Å²) >= 11 is 0. The lowest BCUT2D eigenvalue weighted by molar-refractivity contribution is 0.420. The van der Waals surface area contributed by atoms with Crippen LogP contribution in [0.25, 0.3) is 0 Å². The number of hydrogen-bond donors (Lipinski definition) is 1. The summed E-state index contributed by atoms with van der Waals surface area (Å²) < 4.78 is 6.25. The van der Waals surface area contributed by atoms with E-state index in [0.717, 1.165) is 24.4 Å². The lowest BCUT2D eigenvalue weighted by Crippen LogP contribution is -2.29. The topological polar surface area (TPSA) is 24.5 Å². The quantitative estimate of drug-likeness (QED) is 0.784. The summed E-state index contributed by atoms with van der Waals surface area (Å²) in [5, 5.41) is 3.42. The molecular formula is C16H28N2OSi. The van der Waals surface area contributed by atoms with Crippen LogP contribution >= 0.6 is 0 Å². The standard InChI is InChI=1S/C16H28N2OSi/c1-5-17-15-9-8-14(13-18-10-6-7-11-18)12-16(15)19-20(2,3)4/h9,12-13,17H,5-8,10-11H2,1-4H3. The van der Waals surface area contributed by atoms with Gasteiger partial charge in [0.15, 0.2) is 0 Å². The molecule has 20 heavy (non-hydrogen) atoms. The van der Waals surface area contributed by atoms with Gasteiger partial charge < -0.3 is 14.6 Å². The second-order valence-corrected chi connectivity index (χ2v) is 11.0. The fraction of sp³-hybridized carbons (Fsp3) is 0.625. The molecule has 0 aromatic heterocycles. The summed E-state index contributed by atoms with van der Waals surface area (Å²) in [6, 6.07) is 0. The number of likely N-dealkylation sites (tertiary alicyclic amines) is 1. The lowest BCUT2D eigenvalue weighted by atomic mass is 10.1. The highest BCUT2D eigenvalue weighted by atomic mass is 28.4. The van der Waals surface area contributed by atoms with Crippen LogP contribution < -0.4 is 5.32 Å². The Balaban J connectivity index is 2.14. The predicted octanol–water partition coefficient (Wildman–Crippen LogP) is 3.60. The molecule has 4 heteroatoms. The van der Waals surface area contributed by atoms with Crippen LogP contribution in [-0.2, 0) is 4.43 Å². The van der Waals surface area contributed by atoms with E-state index in [9.17, 15) is 0 Å². The number of nitrogens with zero attached hydrogens (tertiary/aromatic N) is 1. The molecule has 0 aromatic carbocycles. The van der Waals surface area contributed by atoms with Gasteiger partial charge in [0.05, 0.1) is 5.70 Å². The van der Waals surface area contributed by atoms with Crippen molar-refractivity contribution in [2.45, 2.75) is 45.8 Å². The maximum absolute atomic E-state index is 6.25. The molecule has 0 atom stereocenters. The minimum Gasteiger partial charge on any atom is -0.543 e. The van der Waals surface area contributed by atoms with E-state index in [1.165, 1.54) is 31.5 Å². The van der Waals surface area contributed by atoms with Crippen LogP contribution in [0, 0.1) is 0 Å². The Kier molecular flexibility index (Phi) is 4.97. The van der Waals surface area contributed by atoms with Crippen molar-refractivity contribution in [3.8, 4) is 0 Å². The van der Waals surface area contributed by atoms with Gasteiger partial charge in [-0.15, -0.1) is 0 Å². The molecular weight excluding hydrogens is 264 g/mol. The molecule has 2 rings (SSSR count). The first kappa shape index (κ1) is 15.2. The van der Waals surface area contributed by atoms with Crippen LogP contribution in [0.15, 0.2) is 35.4 Å². The predicted molar refractivity (Wildman–Crippen MR) is 87.8 cm³/mol. The minimum atomic E-state index is -1.58. The third-order valence-electron chi connectivity index (χ3n) is 3.40. The molecule has 0 spiro atoms. The number of rotatable bonds is 5. The fourth-order valence-corrected chi connectivity index (χ4v) is 3.41. The summed E-state index contributed by atoms with van der Waals surface area (Å²) in [6.45, 7) is 12.2. The zero-order valence-electron chi connectivity index (χ0n) is 13.3. The van der Waals surface area contributed by atoms with Crippen LogP contribution in [-0.4, -0.2) is 32.9 Å². The molecule has 0 amide bonds. The average Bonchev–Trinajstić information content (AvgIpc) is 2.83. The molecule has 1 aliphatic heterocycles. The molecule has 1 fully saturated rings. The van der Waals surface area contributed by atoms with Gasteiger partial charge in [0.2, 0.25) is 8.32 Å². The van der Waals surface area contributed by atoms with Crippen molar-refractivity contribution in [3.63, 3.8) is 0 Å². The monoisotopic (exact) mass is 292 g/mol. The van der Waals surface area contributed by atoms with Gasteiger partial charge in [-0.3, -0.25) is 0 Å². The Morgan fingerprint density at radius 2 is 2.00 bits per heavy atom. The zero-order chi connectivity index (χ0) is 14.6. The van der Waals surface area contributed by atoms with E-state index in [0.29, 0.717) is 0 Å². The highest BCUT2D eigenvalue weighted by Crippen LogP contribution is 2.25. The van der Waals surface area contributed by atoms with Crippen molar-refractivity contribution in [3.05, 3.63) is 35.4 Å². The van der Waals surface area contributed by atoms with Gasteiger partial charge in [-0.25, -0.2) is 0 Å². The fourth-order valence-electron chi connectivity index (χ4n) is 2.58. The van der Waals surface area contributed by atoms with Crippen molar-refractivity contribution in [2.75, 3.05) is 19.6 Å². The average molecular weight is 292 g/mol. The second kappa shape index (κ2) is 6.53. The second-order valence-electron chi connectivity index (χ2n) is 6.52. The Morgan fingerprint density at radius 3 is 2.60 bits per heavy atom. The molecule has 0 bridgehead atoms. The van der Waals surface area contributed by atoms with Gasteiger partial charge in [-0.05, 0) is 57.5 Å². The molecule has 0 aromatic rings. The Bertz CT molecular complexity index is 426. The molecule has 0 radical (unpaired) electrons. The van der Waals surface area contributed by atoms with Gasteiger partial charge in [-0.1, -0.05) is 6.08 Å². The van der Waals surface area contributed by atoms with Gasteiger partial charge in [0, 0.05) is 25.8 Å². The van der Waals surface area contributed by atoms with E-state index in [1.807, 2.05) is 0 Å². The normalized spacial score (nSPS) is 21.8. The number of likely N-dealkylation sites (N-methyl/N-ethyl adjacent to an activating group) is 1. The maximum atomic E-state index is 6.25. The van der Waals surface area contributed by atoms with Gasteiger partial charge in [0.1, 0.15) is 5.76 Å². The Morgan fingerprint density at radius 1 is 1.30 bits per heavy atom. The van der Waals surface area contributed by atoms with Crippen LogP contribution in [0.5, 0.6) is 0 Å². The third-order valence-corrected chi connectivity index (χ3v) is 4.23. The number of allylic oxidation sites excluding steroid dienone is 3. The zero-order valence-corrected chi connectivity index (χ0v) is 14.3. The molecule has 3 nitrogen and oxygen atoms in total. The molecule has 0 unspecified atom stereocenters. The van der Waals surface area contributed by atoms with Crippen LogP contribution in [0.3, 0.4) is 0 Å². The van der Waals surface area contributed by atoms with E-state index in [2.05, 4.69) is 55.1 Å². The number of hydrogen-bond acceptors (Lipinski definition) is 3. The first-order valence-corrected chi connectivity index (χ1v) is 11.2. The van der Waals surface area contributed by atoms with Crippen molar-refractivity contribution in [1.29, 1.82) is 0 Å². The van der Waals surface area contributed by atoms with E-state index in [4.69, 9.17) is 4.43 Å². The Labute approximate surface area is 124 Å². The van der Waals surface area contributed by atoms with Gasteiger partial charge >= 0.3 is 0 Å². The first-order chi connectivity index (χ1) is 9.48. The molecule has 1 N–H and O–H groups in total. The Hall–Kier alpha value is -1.16. The minimum absolute atomic E-state index is 0.934. The summed E-state index contributed by atoms with van der Waals surface area (Å²) in [6.07, 6.45) is 10.5. The SMILES string of the molecule is CCNC1=CCC(=CN2CCCC2)C=C1O[Si](C)(C)C. The van der Waals surface area contributed by atoms with Crippen molar-refractivity contribution >= 4 is 8.32 Å². The summed E-state index contributed by atoms with van der Waals surface area (Å²) in [5.74, 6) is 1.03. The molecule has 0 saturated carbocycles. The molecule has 1 heterocycles. The lowest BCUT2D eigenvalue weighted by Gasteiger charge is -2.27. The summed E-state index contributed by atoms with van der Waals surface area (Å²) in [4.78, 5) is 2.43. The van der Waals surface area contributed by atoms with Gasteiger partial charge in [-0.2, -0.15) is 0 Å². The molecule has 112 valence electrons. The molecule has 1 aliphatic carbocycles. The highest BCUT2D eigenvalue weighted by Gasteiger charge is 2.22. The highest BCUT2D eigenvalue weighted by molar-refractivity contribution is 6.70. The van der Waals surface area contributed by atoms with Crippen LogP contribution in [0.2, 0.25) is 19.6 Å². The smallest absolute Gasteiger partial charge is 0.242 e. The first-order valence-electron chi connectivity index (χ1n) is 7.78. The summed E-state index contributed by atoms with van der Waals surface area (Å²) in [5.41, 5.74) is 2.52. The van der Waals surface area contributed by atoms with E-state index >= 15 is 0 Å². The van der Waals surface area contributed by atoms with E-state index in [-0.39, 0.29) is 0 Å². The third kappa shape index (κ3) is 4.44. The summed E-state index contributed by atoms with van der Waals surface area (Å²) in [7, 11) is -1.58.